The van der Waals surface area contributed by atoms with Crippen molar-refractivity contribution in [3.8, 4) is 16.9 Å². The van der Waals surface area contributed by atoms with E-state index in [0.717, 1.165) is 29.0 Å². The Morgan fingerprint density at radius 2 is 1.76 bits per heavy atom. The monoisotopic (exact) mass is 324 g/mol. The molecule has 0 saturated heterocycles. The van der Waals surface area contributed by atoms with Gasteiger partial charge >= 0.3 is 5.78 Å². The Morgan fingerprint density at radius 1 is 0.920 bits per heavy atom. The fourth-order valence-corrected chi connectivity index (χ4v) is 3.92. The first kappa shape index (κ1) is 12.9. The Balaban J connectivity index is 1.79. The molecule has 0 saturated carbocycles. The number of rotatable bonds is 1. The summed E-state index contributed by atoms with van der Waals surface area (Å²) in [5.74, 6) is 1.14. The van der Waals surface area contributed by atoms with E-state index in [0.29, 0.717) is 0 Å². The van der Waals surface area contributed by atoms with Crippen molar-refractivity contribution in [2.75, 3.05) is 0 Å². The quantitative estimate of drug-likeness (QED) is 0.436. The van der Waals surface area contributed by atoms with Gasteiger partial charge in [-0.05, 0) is 24.3 Å². The zero-order valence-electron chi connectivity index (χ0n) is 13.4. The summed E-state index contributed by atoms with van der Waals surface area (Å²) in [6.45, 7) is 0.861. The number of para-hydroxylation sites is 1. The average Bonchev–Trinajstić information content (AvgIpc) is 3.30. The molecule has 0 amide bonds. The van der Waals surface area contributed by atoms with Crippen LogP contribution in [-0.2, 0) is 6.54 Å². The molecule has 0 N–H and O–H groups in total. The zero-order valence-corrected chi connectivity index (χ0v) is 13.4. The van der Waals surface area contributed by atoms with E-state index >= 15 is 0 Å². The van der Waals surface area contributed by atoms with Gasteiger partial charge in [-0.25, -0.2) is 4.57 Å². The number of benzene rings is 1. The molecule has 1 aromatic carbocycles. The molecular formula is C20H14N5+. The Labute approximate surface area is 143 Å². The molecule has 5 aromatic rings. The van der Waals surface area contributed by atoms with E-state index in [4.69, 9.17) is 0 Å². The minimum atomic E-state index is 0.861. The number of imidazole rings is 2. The Bertz CT molecular complexity index is 1260. The highest BCUT2D eigenvalue weighted by molar-refractivity contribution is 5.79. The van der Waals surface area contributed by atoms with Gasteiger partial charge in [0.2, 0.25) is 0 Å². The van der Waals surface area contributed by atoms with E-state index < -0.39 is 0 Å². The normalized spacial score (nSPS) is 12.6. The van der Waals surface area contributed by atoms with Crippen LogP contribution in [0.4, 0.5) is 0 Å². The molecule has 1 aliphatic rings. The first-order chi connectivity index (χ1) is 12.4. The second-order valence-electron chi connectivity index (χ2n) is 6.34. The van der Waals surface area contributed by atoms with E-state index in [1.165, 1.54) is 16.8 Å². The number of fused-ring (bicyclic) bond motifs is 7. The lowest BCUT2D eigenvalue weighted by atomic mass is 10.1. The summed E-state index contributed by atoms with van der Waals surface area (Å²) in [5.41, 5.74) is 7.14. The van der Waals surface area contributed by atoms with Gasteiger partial charge in [0.05, 0.1) is 12.7 Å². The van der Waals surface area contributed by atoms with Gasteiger partial charge in [-0.2, -0.15) is 8.97 Å². The van der Waals surface area contributed by atoms with Crippen molar-refractivity contribution < 1.29 is 4.40 Å². The van der Waals surface area contributed by atoms with Crippen molar-refractivity contribution in [1.82, 2.24) is 19.1 Å². The highest BCUT2D eigenvalue weighted by atomic mass is 15.3. The van der Waals surface area contributed by atoms with Crippen LogP contribution in [0.25, 0.3) is 33.8 Å². The lowest BCUT2D eigenvalue weighted by molar-refractivity contribution is -0.480. The molecule has 5 nitrogen and oxygen atoms in total. The predicted molar refractivity (Wildman–Crippen MR) is 94.6 cm³/mol. The minimum absolute atomic E-state index is 0.861. The van der Waals surface area contributed by atoms with Crippen molar-refractivity contribution in [3.63, 3.8) is 0 Å². The molecule has 1 aliphatic heterocycles. The molecule has 0 spiro atoms. The summed E-state index contributed by atoms with van der Waals surface area (Å²) in [6, 6.07) is 14.6. The molecule has 5 heteroatoms. The fourth-order valence-electron chi connectivity index (χ4n) is 3.92. The van der Waals surface area contributed by atoms with Crippen LogP contribution in [0.3, 0.4) is 0 Å². The number of aromatic nitrogens is 5. The summed E-state index contributed by atoms with van der Waals surface area (Å²) < 4.78 is 6.90. The van der Waals surface area contributed by atoms with Gasteiger partial charge in [-0.1, -0.05) is 18.2 Å². The van der Waals surface area contributed by atoms with E-state index in [1.54, 1.807) is 0 Å². The summed E-state index contributed by atoms with van der Waals surface area (Å²) in [4.78, 5) is 8.67. The Hall–Kier alpha value is -3.47. The lowest BCUT2D eigenvalue weighted by Gasteiger charge is -2.00. The van der Waals surface area contributed by atoms with E-state index in [2.05, 4.69) is 66.1 Å². The number of pyridine rings is 2. The predicted octanol–water partition coefficient (Wildman–Crippen LogP) is 2.99. The van der Waals surface area contributed by atoms with E-state index in [9.17, 15) is 0 Å². The molecular weight excluding hydrogens is 310 g/mol. The van der Waals surface area contributed by atoms with Gasteiger partial charge in [-0.15, -0.1) is 0 Å². The second kappa shape index (κ2) is 4.54. The van der Waals surface area contributed by atoms with Crippen LogP contribution in [0.5, 0.6) is 0 Å². The van der Waals surface area contributed by atoms with Crippen molar-refractivity contribution in [2.24, 2.45) is 0 Å². The summed E-state index contributed by atoms with van der Waals surface area (Å²) in [6.07, 6.45) is 9.83. The fraction of sp³-hybridized carbons (Fsp3) is 0.0500. The molecule has 0 unspecified atom stereocenters. The molecule has 0 fully saturated rings. The Kier molecular flexibility index (Phi) is 2.34. The van der Waals surface area contributed by atoms with Crippen LogP contribution in [0.2, 0.25) is 0 Å². The average molecular weight is 324 g/mol. The molecule has 25 heavy (non-hydrogen) atoms. The van der Waals surface area contributed by atoms with E-state index in [1.807, 2.05) is 30.9 Å². The maximum Gasteiger partial charge on any atom is 0.375 e. The van der Waals surface area contributed by atoms with Gasteiger partial charge in [0, 0.05) is 29.7 Å². The topological polar surface area (TPSA) is 39.7 Å². The first-order valence-electron chi connectivity index (χ1n) is 8.30. The van der Waals surface area contributed by atoms with Crippen molar-refractivity contribution in [2.45, 2.75) is 6.54 Å². The molecule has 4 aromatic heterocycles. The summed E-state index contributed by atoms with van der Waals surface area (Å²) >= 11 is 0. The lowest BCUT2D eigenvalue weighted by Crippen LogP contribution is -2.18. The SMILES string of the molecule is c1ccc(-n2c3cnccc3[n+]3cc4n(c23)Cc2ccncc2-4)cc1. The summed E-state index contributed by atoms with van der Waals surface area (Å²) in [7, 11) is 0. The minimum Gasteiger partial charge on any atom is -0.264 e. The second-order valence-corrected chi connectivity index (χ2v) is 6.34. The number of hydrogen-bond donors (Lipinski definition) is 0. The van der Waals surface area contributed by atoms with Gasteiger partial charge in [0.1, 0.15) is 23.1 Å². The first-order valence-corrected chi connectivity index (χ1v) is 8.30. The van der Waals surface area contributed by atoms with Gasteiger partial charge in [0.15, 0.2) is 5.52 Å². The standard InChI is InChI=1S/C20H14N5/c1-2-4-15(5-3-1)25-18-11-22-9-7-17(18)24-13-19-16-10-21-8-6-14(16)12-23(19)20(24)25/h1-11,13H,12H2/q+1. The van der Waals surface area contributed by atoms with Gasteiger partial charge in [-0.3, -0.25) is 9.97 Å². The highest BCUT2D eigenvalue weighted by Gasteiger charge is 2.32. The maximum atomic E-state index is 4.35. The molecule has 6 rings (SSSR count). The van der Waals surface area contributed by atoms with Gasteiger partial charge < -0.3 is 0 Å². The van der Waals surface area contributed by atoms with Crippen LogP contribution in [-0.4, -0.2) is 19.1 Å². The Morgan fingerprint density at radius 3 is 2.68 bits per heavy atom. The molecule has 0 aliphatic carbocycles. The smallest absolute Gasteiger partial charge is 0.264 e. The van der Waals surface area contributed by atoms with Gasteiger partial charge in [0.25, 0.3) is 0 Å². The highest BCUT2D eigenvalue weighted by Crippen LogP contribution is 2.33. The van der Waals surface area contributed by atoms with Crippen LogP contribution in [0.1, 0.15) is 5.56 Å². The largest absolute Gasteiger partial charge is 0.375 e. The van der Waals surface area contributed by atoms with Crippen molar-refractivity contribution in [1.29, 1.82) is 0 Å². The number of hydrogen-bond acceptors (Lipinski definition) is 2. The van der Waals surface area contributed by atoms with Crippen molar-refractivity contribution in [3.05, 3.63) is 79.0 Å². The third kappa shape index (κ3) is 1.59. The zero-order chi connectivity index (χ0) is 16.4. The van der Waals surface area contributed by atoms with Crippen LogP contribution in [0.15, 0.2) is 73.4 Å². The van der Waals surface area contributed by atoms with Crippen LogP contribution in [0, 0.1) is 0 Å². The van der Waals surface area contributed by atoms with Crippen LogP contribution >= 0.6 is 0 Å². The molecule has 118 valence electrons. The molecule has 0 bridgehead atoms. The van der Waals surface area contributed by atoms with E-state index in [-0.39, 0.29) is 0 Å². The third-order valence-electron chi connectivity index (χ3n) is 5.01. The molecule has 0 radical (unpaired) electrons. The summed E-state index contributed by atoms with van der Waals surface area (Å²) in [5, 5.41) is 0. The van der Waals surface area contributed by atoms with Crippen LogP contribution < -0.4 is 4.40 Å². The van der Waals surface area contributed by atoms with Crippen molar-refractivity contribution >= 4 is 16.8 Å². The maximum absolute atomic E-state index is 4.35. The molecule has 0 atom stereocenters. The number of nitrogens with zero attached hydrogens (tertiary/aromatic N) is 5. The molecule has 5 heterocycles. The third-order valence-corrected chi connectivity index (χ3v) is 5.01.